The van der Waals surface area contributed by atoms with Crippen LogP contribution in [0.3, 0.4) is 0 Å². The Hall–Kier alpha value is -1.89. The topological polar surface area (TPSA) is 75.6 Å². The van der Waals surface area contributed by atoms with Gasteiger partial charge in [0, 0.05) is 26.2 Å². The van der Waals surface area contributed by atoms with E-state index < -0.39 is 10.7 Å². The Labute approximate surface area is 105 Å². The summed E-state index contributed by atoms with van der Waals surface area (Å²) in [7, 11) is 5.51. The van der Waals surface area contributed by atoms with Crippen molar-refractivity contribution in [3.05, 3.63) is 28.1 Å². The summed E-state index contributed by atoms with van der Waals surface area (Å²) in [4.78, 5) is 13.5. The molecule has 1 aromatic rings. The fraction of sp³-hybridized carbons (Fsp3) is 0.455. The summed E-state index contributed by atoms with van der Waals surface area (Å²) in [6.07, 6.45) is 0. The average Bonchev–Trinajstić information content (AvgIpc) is 2.25. The second kappa shape index (κ2) is 5.63. The molecule has 0 unspecified atom stereocenters. The third kappa shape index (κ3) is 3.30. The molecule has 2 N–H and O–H groups in total. The standard InChI is InChI=1S/C11H17FN4O2/c1-14(2)4-5-15(3)11-9(12)6-8(16(17)18)7-10(11)13/h6-7H,4-5,13H2,1-3H3. The van der Waals surface area contributed by atoms with Crippen molar-refractivity contribution in [2.75, 3.05) is 44.9 Å². The number of likely N-dealkylation sites (N-methyl/N-ethyl adjacent to an activating group) is 2. The molecule has 100 valence electrons. The van der Waals surface area contributed by atoms with Crippen LogP contribution in [0.2, 0.25) is 0 Å². The molecule has 0 heterocycles. The predicted octanol–water partition coefficient (Wildman–Crippen LogP) is 1.31. The molecule has 0 atom stereocenters. The monoisotopic (exact) mass is 256 g/mol. The smallest absolute Gasteiger partial charge is 0.274 e. The molecule has 1 rings (SSSR count). The molecule has 0 fully saturated rings. The average molecular weight is 256 g/mol. The third-order valence-electron chi connectivity index (χ3n) is 2.55. The number of hydrogen-bond donors (Lipinski definition) is 1. The SMILES string of the molecule is CN(C)CCN(C)c1c(N)cc([N+](=O)[O-])cc1F. The van der Waals surface area contributed by atoms with E-state index in [0.29, 0.717) is 6.54 Å². The highest BCUT2D eigenvalue weighted by molar-refractivity contribution is 5.71. The van der Waals surface area contributed by atoms with E-state index in [1.807, 2.05) is 19.0 Å². The van der Waals surface area contributed by atoms with Crippen LogP contribution in [0.4, 0.5) is 21.5 Å². The first-order valence-corrected chi connectivity index (χ1v) is 5.42. The van der Waals surface area contributed by atoms with Gasteiger partial charge in [-0.15, -0.1) is 0 Å². The van der Waals surface area contributed by atoms with Crippen LogP contribution in [0.1, 0.15) is 0 Å². The minimum Gasteiger partial charge on any atom is -0.397 e. The van der Waals surface area contributed by atoms with Gasteiger partial charge in [0.1, 0.15) is 0 Å². The molecule has 0 aliphatic rings. The lowest BCUT2D eigenvalue weighted by Gasteiger charge is -2.23. The molecule has 18 heavy (non-hydrogen) atoms. The van der Waals surface area contributed by atoms with E-state index in [0.717, 1.165) is 12.6 Å². The molecule has 0 radical (unpaired) electrons. The summed E-state index contributed by atoms with van der Waals surface area (Å²) in [6.45, 7) is 1.30. The highest BCUT2D eigenvalue weighted by Gasteiger charge is 2.17. The Bertz CT molecular complexity index is 428. The van der Waals surface area contributed by atoms with Crippen LogP contribution in [0.25, 0.3) is 0 Å². The van der Waals surface area contributed by atoms with Crippen molar-refractivity contribution in [1.82, 2.24) is 4.90 Å². The quantitative estimate of drug-likeness (QED) is 0.488. The molecule has 7 heteroatoms. The zero-order chi connectivity index (χ0) is 13.9. The molecule has 0 saturated carbocycles. The Morgan fingerprint density at radius 2 is 1.94 bits per heavy atom. The molecule has 0 bridgehead atoms. The first kappa shape index (κ1) is 14.2. The number of hydrogen-bond acceptors (Lipinski definition) is 5. The van der Waals surface area contributed by atoms with Crippen molar-refractivity contribution >= 4 is 17.1 Å². The number of nitrogens with zero attached hydrogens (tertiary/aromatic N) is 3. The predicted molar refractivity (Wildman–Crippen MR) is 69.3 cm³/mol. The Balaban J connectivity index is 2.99. The summed E-state index contributed by atoms with van der Waals surface area (Å²) in [5, 5.41) is 10.6. The van der Waals surface area contributed by atoms with E-state index in [1.54, 1.807) is 11.9 Å². The fourth-order valence-electron chi connectivity index (χ4n) is 1.58. The molecule has 0 aliphatic heterocycles. The van der Waals surface area contributed by atoms with Gasteiger partial charge in [-0.2, -0.15) is 0 Å². The van der Waals surface area contributed by atoms with Crippen LogP contribution in [-0.4, -0.2) is 44.1 Å². The first-order valence-electron chi connectivity index (χ1n) is 5.42. The lowest BCUT2D eigenvalue weighted by atomic mass is 10.2. The van der Waals surface area contributed by atoms with Crippen LogP contribution in [0, 0.1) is 15.9 Å². The summed E-state index contributed by atoms with van der Waals surface area (Å²) in [5.41, 5.74) is 5.60. The highest BCUT2D eigenvalue weighted by atomic mass is 19.1. The van der Waals surface area contributed by atoms with Gasteiger partial charge in [0.05, 0.1) is 22.4 Å². The summed E-state index contributed by atoms with van der Waals surface area (Å²) in [5.74, 6) is -0.678. The van der Waals surface area contributed by atoms with Crippen LogP contribution >= 0.6 is 0 Å². The highest BCUT2D eigenvalue weighted by Crippen LogP contribution is 2.30. The first-order chi connectivity index (χ1) is 8.32. The van der Waals surface area contributed by atoms with Gasteiger partial charge >= 0.3 is 0 Å². The number of benzene rings is 1. The number of anilines is 2. The lowest BCUT2D eigenvalue weighted by molar-refractivity contribution is -0.385. The summed E-state index contributed by atoms with van der Waals surface area (Å²) >= 11 is 0. The maximum atomic E-state index is 13.8. The molecule has 6 nitrogen and oxygen atoms in total. The van der Waals surface area contributed by atoms with Crippen molar-refractivity contribution < 1.29 is 9.31 Å². The van der Waals surface area contributed by atoms with Gasteiger partial charge in [0.15, 0.2) is 5.82 Å². The van der Waals surface area contributed by atoms with Crippen molar-refractivity contribution in [2.45, 2.75) is 0 Å². The number of non-ortho nitro benzene ring substituents is 1. The van der Waals surface area contributed by atoms with Gasteiger partial charge in [-0.25, -0.2) is 4.39 Å². The normalized spacial score (nSPS) is 10.7. The number of rotatable bonds is 5. The summed E-state index contributed by atoms with van der Waals surface area (Å²) in [6, 6.07) is 2.06. The van der Waals surface area contributed by atoms with E-state index in [9.17, 15) is 14.5 Å². The minimum absolute atomic E-state index is 0.0722. The molecule has 0 aliphatic carbocycles. The Morgan fingerprint density at radius 3 is 2.39 bits per heavy atom. The number of halogens is 1. The number of nitrogens with two attached hydrogens (primary N) is 1. The van der Waals surface area contributed by atoms with Crippen LogP contribution < -0.4 is 10.6 Å². The van der Waals surface area contributed by atoms with Crippen LogP contribution in [0.5, 0.6) is 0 Å². The van der Waals surface area contributed by atoms with E-state index >= 15 is 0 Å². The van der Waals surface area contributed by atoms with Crippen molar-refractivity contribution in [3.8, 4) is 0 Å². The molecule has 0 amide bonds. The van der Waals surface area contributed by atoms with Gasteiger partial charge in [-0.05, 0) is 14.1 Å². The van der Waals surface area contributed by atoms with E-state index in [-0.39, 0.29) is 17.1 Å². The Morgan fingerprint density at radius 1 is 1.33 bits per heavy atom. The molecule has 0 saturated heterocycles. The molecular weight excluding hydrogens is 239 g/mol. The number of nitrogen functional groups attached to an aromatic ring is 1. The van der Waals surface area contributed by atoms with Gasteiger partial charge in [-0.1, -0.05) is 0 Å². The molecule has 1 aromatic carbocycles. The van der Waals surface area contributed by atoms with Gasteiger partial charge in [-0.3, -0.25) is 10.1 Å². The third-order valence-corrected chi connectivity index (χ3v) is 2.55. The molecular formula is C11H17FN4O2. The summed E-state index contributed by atoms with van der Waals surface area (Å²) < 4.78 is 13.8. The Kier molecular flexibility index (Phi) is 4.43. The maximum absolute atomic E-state index is 13.8. The lowest BCUT2D eigenvalue weighted by Crippen LogP contribution is -2.29. The van der Waals surface area contributed by atoms with Gasteiger partial charge in [0.2, 0.25) is 0 Å². The molecule has 0 spiro atoms. The zero-order valence-corrected chi connectivity index (χ0v) is 10.7. The van der Waals surface area contributed by atoms with Crippen LogP contribution in [0.15, 0.2) is 12.1 Å². The number of nitro groups is 1. The second-order valence-electron chi connectivity index (χ2n) is 4.35. The second-order valence-corrected chi connectivity index (χ2v) is 4.35. The minimum atomic E-state index is -0.678. The fourth-order valence-corrected chi connectivity index (χ4v) is 1.58. The number of nitro benzene ring substituents is 1. The van der Waals surface area contributed by atoms with Gasteiger partial charge in [0.25, 0.3) is 5.69 Å². The van der Waals surface area contributed by atoms with Crippen LogP contribution in [-0.2, 0) is 0 Å². The zero-order valence-electron chi connectivity index (χ0n) is 10.7. The van der Waals surface area contributed by atoms with E-state index in [2.05, 4.69) is 0 Å². The maximum Gasteiger partial charge on any atom is 0.274 e. The van der Waals surface area contributed by atoms with Crippen molar-refractivity contribution in [2.24, 2.45) is 0 Å². The van der Waals surface area contributed by atoms with Crippen molar-refractivity contribution in [1.29, 1.82) is 0 Å². The van der Waals surface area contributed by atoms with E-state index in [4.69, 9.17) is 5.73 Å². The van der Waals surface area contributed by atoms with E-state index in [1.165, 1.54) is 6.07 Å². The largest absolute Gasteiger partial charge is 0.397 e. The van der Waals surface area contributed by atoms with Gasteiger partial charge < -0.3 is 15.5 Å². The molecule has 0 aromatic heterocycles. The van der Waals surface area contributed by atoms with Crippen molar-refractivity contribution in [3.63, 3.8) is 0 Å².